The molecule has 2 nitrogen and oxygen atoms in total. The Morgan fingerprint density at radius 3 is 2.41 bits per heavy atom. The first-order valence-corrected chi connectivity index (χ1v) is 9.31. The van der Waals surface area contributed by atoms with Crippen LogP contribution in [0, 0.1) is 17.1 Å². The van der Waals surface area contributed by atoms with Crippen LogP contribution in [0.2, 0.25) is 0 Å². The molecule has 0 radical (unpaired) electrons. The van der Waals surface area contributed by atoms with Crippen LogP contribution in [0.1, 0.15) is 16.7 Å². The van der Waals surface area contributed by atoms with Crippen LogP contribution >= 0.6 is 0 Å². The molecule has 0 saturated heterocycles. The monoisotopic (exact) mass is 379 g/mol. The lowest BCUT2D eigenvalue weighted by Gasteiger charge is -2.11. The van der Waals surface area contributed by atoms with E-state index in [2.05, 4.69) is 30.3 Å². The fourth-order valence-electron chi connectivity index (χ4n) is 3.23. The Morgan fingerprint density at radius 1 is 0.862 bits per heavy atom. The zero-order chi connectivity index (χ0) is 20.1. The van der Waals surface area contributed by atoms with Gasteiger partial charge in [-0.15, -0.1) is 0 Å². The quantitative estimate of drug-likeness (QED) is 0.288. The van der Waals surface area contributed by atoms with Crippen molar-refractivity contribution < 1.29 is 9.13 Å². The molecule has 0 heterocycles. The van der Waals surface area contributed by atoms with Crippen LogP contribution < -0.4 is 4.74 Å². The van der Waals surface area contributed by atoms with E-state index in [4.69, 9.17) is 4.74 Å². The second-order valence-corrected chi connectivity index (χ2v) is 6.66. The highest BCUT2D eigenvalue weighted by Crippen LogP contribution is 2.27. The third-order valence-corrected chi connectivity index (χ3v) is 4.71. The second kappa shape index (κ2) is 8.41. The molecule has 29 heavy (non-hydrogen) atoms. The number of hydrogen-bond donors (Lipinski definition) is 0. The summed E-state index contributed by atoms with van der Waals surface area (Å²) in [7, 11) is 0. The van der Waals surface area contributed by atoms with E-state index >= 15 is 0 Å². The summed E-state index contributed by atoms with van der Waals surface area (Å²) < 4.78 is 20.1. The highest BCUT2D eigenvalue weighted by atomic mass is 19.1. The van der Waals surface area contributed by atoms with Crippen molar-refractivity contribution in [2.24, 2.45) is 0 Å². The molecule has 0 aliphatic heterocycles. The molecule has 0 bridgehead atoms. The summed E-state index contributed by atoms with van der Waals surface area (Å²) in [6.07, 6.45) is 1.66. The molecule has 0 saturated carbocycles. The molecule has 140 valence electrons. The molecular formula is C26H18FNO. The lowest BCUT2D eigenvalue weighted by atomic mass is 10.0. The van der Waals surface area contributed by atoms with E-state index in [0.717, 1.165) is 16.5 Å². The maximum absolute atomic E-state index is 14.1. The number of benzene rings is 4. The summed E-state index contributed by atoms with van der Waals surface area (Å²) in [5.74, 6) is 0.222. The topological polar surface area (TPSA) is 33.0 Å². The van der Waals surface area contributed by atoms with E-state index in [0.29, 0.717) is 12.4 Å². The van der Waals surface area contributed by atoms with E-state index in [1.54, 1.807) is 24.3 Å². The third-order valence-electron chi connectivity index (χ3n) is 4.71. The normalized spacial score (nSPS) is 11.2. The zero-order valence-corrected chi connectivity index (χ0v) is 15.7. The molecule has 3 heteroatoms. The summed E-state index contributed by atoms with van der Waals surface area (Å²) in [6.45, 7) is 0.400. The van der Waals surface area contributed by atoms with E-state index < -0.39 is 5.82 Å². The van der Waals surface area contributed by atoms with Crippen molar-refractivity contribution in [1.82, 2.24) is 0 Å². The summed E-state index contributed by atoms with van der Waals surface area (Å²) in [5, 5.41) is 11.9. The number of fused-ring (bicyclic) bond motifs is 1. The predicted molar refractivity (Wildman–Crippen MR) is 115 cm³/mol. The van der Waals surface area contributed by atoms with Gasteiger partial charge in [-0.1, -0.05) is 72.8 Å². The SMILES string of the molecule is N#CC(=Cc1ccccc1OCc1ccc2ccccc2c1)c1ccccc1F. The molecule has 4 aromatic rings. The lowest BCUT2D eigenvalue weighted by Crippen LogP contribution is -1.97. The fraction of sp³-hybridized carbons (Fsp3) is 0.0385. The number of allylic oxidation sites excluding steroid dienone is 1. The van der Waals surface area contributed by atoms with Gasteiger partial charge in [0.05, 0.1) is 11.6 Å². The molecule has 0 aliphatic carbocycles. The molecule has 0 aromatic heterocycles. The van der Waals surface area contributed by atoms with Gasteiger partial charge in [-0.05, 0) is 40.6 Å². The van der Waals surface area contributed by atoms with Gasteiger partial charge in [0.25, 0.3) is 0 Å². The van der Waals surface area contributed by atoms with E-state index in [1.807, 2.05) is 42.5 Å². The van der Waals surface area contributed by atoms with Crippen LogP contribution in [0.3, 0.4) is 0 Å². The largest absolute Gasteiger partial charge is 0.488 e. The van der Waals surface area contributed by atoms with Gasteiger partial charge in [-0.2, -0.15) is 5.26 Å². The fourth-order valence-corrected chi connectivity index (χ4v) is 3.23. The minimum absolute atomic E-state index is 0.254. The first kappa shape index (κ1) is 18.5. The Balaban J connectivity index is 1.61. The van der Waals surface area contributed by atoms with Gasteiger partial charge in [0.15, 0.2) is 0 Å². The average Bonchev–Trinajstić information content (AvgIpc) is 2.77. The summed E-state index contributed by atoms with van der Waals surface area (Å²) >= 11 is 0. The third kappa shape index (κ3) is 4.17. The molecule has 0 N–H and O–H groups in total. The highest BCUT2D eigenvalue weighted by Gasteiger charge is 2.09. The maximum atomic E-state index is 14.1. The molecule has 0 amide bonds. The first-order valence-electron chi connectivity index (χ1n) is 9.31. The van der Waals surface area contributed by atoms with E-state index in [1.165, 1.54) is 11.5 Å². The Labute approximate surface area is 169 Å². The highest BCUT2D eigenvalue weighted by molar-refractivity contribution is 5.90. The summed E-state index contributed by atoms with van der Waals surface area (Å²) in [5.41, 5.74) is 2.31. The van der Waals surface area contributed by atoms with E-state index in [9.17, 15) is 9.65 Å². The summed E-state index contributed by atoms with van der Waals surface area (Å²) in [6, 6.07) is 30.2. The number of nitrogens with zero attached hydrogens (tertiary/aromatic N) is 1. The van der Waals surface area contributed by atoms with Crippen molar-refractivity contribution >= 4 is 22.4 Å². The maximum Gasteiger partial charge on any atom is 0.131 e. The Kier molecular flexibility index (Phi) is 5.36. The van der Waals surface area contributed by atoms with Crippen LogP contribution in [0.15, 0.2) is 91.0 Å². The number of halogens is 1. The number of hydrogen-bond acceptors (Lipinski definition) is 2. The predicted octanol–water partition coefficient (Wildman–Crippen LogP) is 6.62. The van der Waals surface area contributed by atoms with Crippen molar-refractivity contribution in [3.63, 3.8) is 0 Å². The van der Waals surface area contributed by atoms with Crippen LogP contribution in [-0.4, -0.2) is 0 Å². The van der Waals surface area contributed by atoms with Crippen LogP contribution in [0.25, 0.3) is 22.4 Å². The Morgan fingerprint density at radius 2 is 1.59 bits per heavy atom. The number of para-hydroxylation sites is 1. The zero-order valence-electron chi connectivity index (χ0n) is 15.7. The summed E-state index contributed by atoms with van der Waals surface area (Å²) in [4.78, 5) is 0. The molecule has 0 spiro atoms. The first-order chi connectivity index (χ1) is 14.2. The number of rotatable bonds is 5. The number of nitriles is 1. The van der Waals surface area contributed by atoms with Gasteiger partial charge >= 0.3 is 0 Å². The molecule has 4 rings (SSSR count). The van der Waals surface area contributed by atoms with Gasteiger partial charge < -0.3 is 4.74 Å². The van der Waals surface area contributed by atoms with Gasteiger partial charge in [-0.3, -0.25) is 0 Å². The smallest absolute Gasteiger partial charge is 0.131 e. The van der Waals surface area contributed by atoms with Crippen molar-refractivity contribution in [2.45, 2.75) is 6.61 Å². The van der Waals surface area contributed by atoms with Crippen LogP contribution in [0.4, 0.5) is 4.39 Å². The van der Waals surface area contributed by atoms with Crippen molar-refractivity contribution in [3.05, 3.63) is 114 Å². The van der Waals surface area contributed by atoms with Gasteiger partial charge in [0, 0.05) is 11.1 Å². The molecule has 0 atom stereocenters. The van der Waals surface area contributed by atoms with Crippen LogP contribution in [-0.2, 0) is 6.61 Å². The molecule has 4 aromatic carbocycles. The Bertz CT molecular complexity index is 1240. The average molecular weight is 379 g/mol. The van der Waals surface area contributed by atoms with Gasteiger partial charge in [-0.25, -0.2) is 4.39 Å². The Hall–Kier alpha value is -3.90. The molecule has 0 fully saturated rings. The van der Waals surface area contributed by atoms with E-state index in [-0.39, 0.29) is 11.1 Å². The van der Waals surface area contributed by atoms with Crippen molar-refractivity contribution in [2.75, 3.05) is 0 Å². The van der Waals surface area contributed by atoms with Crippen LogP contribution in [0.5, 0.6) is 5.75 Å². The molecule has 0 aliphatic rings. The van der Waals surface area contributed by atoms with Gasteiger partial charge in [0.1, 0.15) is 18.2 Å². The van der Waals surface area contributed by atoms with Crippen molar-refractivity contribution in [3.8, 4) is 11.8 Å². The molecular weight excluding hydrogens is 361 g/mol. The van der Waals surface area contributed by atoms with Crippen molar-refractivity contribution in [1.29, 1.82) is 5.26 Å². The van der Waals surface area contributed by atoms with Gasteiger partial charge in [0.2, 0.25) is 0 Å². The second-order valence-electron chi connectivity index (χ2n) is 6.66. The number of ether oxygens (including phenoxy) is 1. The molecule has 0 unspecified atom stereocenters. The lowest BCUT2D eigenvalue weighted by molar-refractivity contribution is 0.306. The minimum atomic E-state index is -0.421. The minimum Gasteiger partial charge on any atom is -0.488 e. The standard InChI is InChI=1S/C26H18FNO/c27-25-11-5-4-10-24(25)23(17-28)16-22-9-3-6-12-26(22)29-18-19-13-14-20-7-1-2-8-21(20)15-19/h1-16H,18H2.